The molecule has 2 aliphatic heterocycles. The summed E-state index contributed by atoms with van der Waals surface area (Å²) in [6.45, 7) is 1.10. The monoisotopic (exact) mass is 297 g/mol. The average Bonchev–Trinajstić information content (AvgIpc) is 3.07. The number of hydrogen-bond donors (Lipinski definition) is 1. The number of nitrogens with zero attached hydrogens (tertiary/aromatic N) is 1. The van der Waals surface area contributed by atoms with E-state index in [4.69, 9.17) is 9.84 Å². The first kappa shape index (κ1) is 13.4. The van der Waals surface area contributed by atoms with E-state index < -0.39 is 22.1 Å². The molecule has 0 aromatic heterocycles. The van der Waals surface area contributed by atoms with Gasteiger partial charge in [-0.3, -0.25) is 0 Å². The minimum absolute atomic E-state index is 0.202. The number of fused-ring (bicyclic) bond motifs is 1. The van der Waals surface area contributed by atoms with Crippen molar-refractivity contribution in [2.75, 3.05) is 13.1 Å². The number of benzene rings is 1. The van der Waals surface area contributed by atoms with E-state index in [-0.39, 0.29) is 11.3 Å². The van der Waals surface area contributed by atoms with Crippen molar-refractivity contribution in [3.05, 3.63) is 23.8 Å². The normalized spacial score (nSPS) is 22.5. The van der Waals surface area contributed by atoms with Gasteiger partial charge >= 0.3 is 5.97 Å². The first-order valence-corrected chi connectivity index (χ1v) is 7.95. The summed E-state index contributed by atoms with van der Waals surface area (Å²) in [6, 6.07) is 4.56. The van der Waals surface area contributed by atoms with Crippen molar-refractivity contribution < 1.29 is 23.1 Å². The summed E-state index contributed by atoms with van der Waals surface area (Å²) in [4.78, 5) is 11.1. The third-order valence-electron chi connectivity index (χ3n) is 3.68. The molecule has 108 valence electrons. The third-order valence-corrected chi connectivity index (χ3v) is 5.58. The van der Waals surface area contributed by atoms with E-state index >= 15 is 0 Å². The Labute approximate surface area is 117 Å². The van der Waals surface area contributed by atoms with Crippen LogP contribution in [0, 0.1) is 0 Å². The predicted molar refractivity (Wildman–Crippen MR) is 70.2 cm³/mol. The second-order valence-electron chi connectivity index (χ2n) is 5.03. The number of carboxylic acids is 1. The lowest BCUT2D eigenvalue weighted by Gasteiger charge is -2.15. The van der Waals surface area contributed by atoms with Crippen molar-refractivity contribution in [3.8, 4) is 5.75 Å². The maximum Gasteiger partial charge on any atom is 0.345 e. The molecule has 7 heteroatoms. The fourth-order valence-corrected chi connectivity index (χ4v) is 4.17. The van der Waals surface area contributed by atoms with Crippen LogP contribution in [0.2, 0.25) is 0 Å². The zero-order valence-corrected chi connectivity index (χ0v) is 11.6. The Hall–Kier alpha value is -1.60. The Morgan fingerprint density at radius 3 is 2.65 bits per heavy atom. The molecule has 1 aromatic rings. The van der Waals surface area contributed by atoms with Gasteiger partial charge in [-0.2, -0.15) is 4.31 Å². The Morgan fingerprint density at radius 2 is 2.00 bits per heavy atom. The largest absolute Gasteiger partial charge is 0.478 e. The second kappa shape index (κ2) is 4.75. The van der Waals surface area contributed by atoms with E-state index in [1.54, 1.807) is 6.07 Å². The SMILES string of the molecule is O=C(O)C1Cc2cc(S(=O)(=O)N3CCCC3)ccc2O1. The van der Waals surface area contributed by atoms with Crippen LogP contribution in [0.5, 0.6) is 5.75 Å². The van der Waals surface area contributed by atoms with Gasteiger partial charge in [0.25, 0.3) is 0 Å². The smallest absolute Gasteiger partial charge is 0.345 e. The maximum atomic E-state index is 12.4. The molecule has 0 aliphatic carbocycles. The third kappa shape index (κ3) is 2.16. The number of ether oxygens (including phenoxy) is 1. The molecule has 0 amide bonds. The van der Waals surface area contributed by atoms with Gasteiger partial charge in [0, 0.05) is 19.5 Å². The van der Waals surface area contributed by atoms with Crippen molar-refractivity contribution >= 4 is 16.0 Å². The van der Waals surface area contributed by atoms with E-state index in [9.17, 15) is 13.2 Å². The topological polar surface area (TPSA) is 83.9 Å². The molecule has 1 unspecified atom stereocenters. The summed E-state index contributed by atoms with van der Waals surface area (Å²) in [5.41, 5.74) is 0.637. The number of sulfonamides is 1. The first-order chi connectivity index (χ1) is 9.48. The molecule has 6 nitrogen and oxygen atoms in total. The van der Waals surface area contributed by atoms with Gasteiger partial charge in [-0.15, -0.1) is 0 Å². The maximum absolute atomic E-state index is 12.4. The first-order valence-electron chi connectivity index (χ1n) is 6.51. The lowest BCUT2D eigenvalue weighted by molar-refractivity contribution is -0.144. The van der Waals surface area contributed by atoms with Gasteiger partial charge < -0.3 is 9.84 Å². The molecule has 0 bridgehead atoms. The van der Waals surface area contributed by atoms with E-state index in [1.807, 2.05) is 0 Å². The molecule has 20 heavy (non-hydrogen) atoms. The summed E-state index contributed by atoms with van der Waals surface area (Å²) < 4.78 is 31.6. The molecule has 3 rings (SSSR count). The van der Waals surface area contributed by atoms with Crippen LogP contribution in [0.1, 0.15) is 18.4 Å². The van der Waals surface area contributed by atoms with Gasteiger partial charge in [0.15, 0.2) is 6.10 Å². The van der Waals surface area contributed by atoms with Crippen molar-refractivity contribution in [1.82, 2.24) is 4.31 Å². The molecule has 2 aliphatic rings. The van der Waals surface area contributed by atoms with Gasteiger partial charge in [0.05, 0.1) is 4.90 Å². The highest BCUT2D eigenvalue weighted by atomic mass is 32.2. The molecule has 1 atom stereocenters. The molecule has 1 aromatic carbocycles. The fourth-order valence-electron chi connectivity index (χ4n) is 2.60. The standard InChI is InChI=1S/C13H15NO5S/c15-13(16)12-8-9-7-10(3-4-11(9)19-12)20(17,18)14-5-1-2-6-14/h3-4,7,12H,1-2,5-6,8H2,(H,15,16). The quantitative estimate of drug-likeness (QED) is 0.894. The van der Waals surface area contributed by atoms with Crippen LogP contribution in [-0.4, -0.2) is 43.0 Å². The number of hydrogen-bond acceptors (Lipinski definition) is 4. The summed E-state index contributed by atoms with van der Waals surface area (Å²) in [6.07, 6.45) is 1.05. The van der Waals surface area contributed by atoms with Crippen LogP contribution in [-0.2, 0) is 21.2 Å². The van der Waals surface area contributed by atoms with Crippen molar-refractivity contribution in [3.63, 3.8) is 0 Å². The van der Waals surface area contributed by atoms with Crippen LogP contribution in [0.3, 0.4) is 0 Å². The minimum Gasteiger partial charge on any atom is -0.478 e. The van der Waals surface area contributed by atoms with Crippen molar-refractivity contribution in [1.29, 1.82) is 0 Å². The van der Waals surface area contributed by atoms with Crippen LogP contribution < -0.4 is 4.74 Å². The number of rotatable bonds is 3. The number of carbonyl (C=O) groups is 1. The molecule has 2 heterocycles. The molecular weight excluding hydrogens is 282 g/mol. The molecular formula is C13H15NO5S. The van der Waals surface area contributed by atoms with Gasteiger partial charge in [-0.1, -0.05) is 0 Å². The van der Waals surface area contributed by atoms with Crippen LogP contribution in [0.4, 0.5) is 0 Å². The zero-order chi connectivity index (χ0) is 14.3. The number of carboxylic acid groups (broad SMARTS) is 1. The van der Waals surface area contributed by atoms with Crippen LogP contribution in [0.25, 0.3) is 0 Å². The van der Waals surface area contributed by atoms with E-state index in [2.05, 4.69) is 0 Å². The zero-order valence-electron chi connectivity index (χ0n) is 10.8. The lowest BCUT2D eigenvalue weighted by atomic mass is 10.1. The molecule has 1 saturated heterocycles. The summed E-state index contributed by atoms with van der Waals surface area (Å²) in [7, 11) is -3.47. The lowest BCUT2D eigenvalue weighted by Crippen LogP contribution is -2.27. The highest BCUT2D eigenvalue weighted by molar-refractivity contribution is 7.89. The Kier molecular flexibility index (Phi) is 3.18. The van der Waals surface area contributed by atoms with Gasteiger partial charge in [0.1, 0.15) is 5.75 Å². The molecule has 1 fully saturated rings. The van der Waals surface area contributed by atoms with Gasteiger partial charge in [0.2, 0.25) is 10.0 Å². The van der Waals surface area contributed by atoms with Gasteiger partial charge in [-0.05, 0) is 36.6 Å². The van der Waals surface area contributed by atoms with Gasteiger partial charge in [-0.25, -0.2) is 13.2 Å². The minimum atomic E-state index is -3.47. The predicted octanol–water partition coefficient (Wildman–Crippen LogP) is 0.859. The highest BCUT2D eigenvalue weighted by Gasteiger charge is 2.32. The van der Waals surface area contributed by atoms with E-state index in [1.165, 1.54) is 16.4 Å². The molecule has 1 N–H and O–H groups in total. The summed E-state index contributed by atoms with van der Waals surface area (Å²) >= 11 is 0. The molecule has 0 spiro atoms. The Morgan fingerprint density at radius 1 is 1.30 bits per heavy atom. The second-order valence-corrected chi connectivity index (χ2v) is 6.97. The van der Waals surface area contributed by atoms with Crippen LogP contribution >= 0.6 is 0 Å². The molecule has 0 radical (unpaired) electrons. The summed E-state index contributed by atoms with van der Waals surface area (Å²) in [5.74, 6) is -0.581. The number of aliphatic carboxylic acids is 1. The van der Waals surface area contributed by atoms with Crippen LogP contribution in [0.15, 0.2) is 23.1 Å². The Balaban J connectivity index is 1.91. The van der Waals surface area contributed by atoms with Crippen molar-refractivity contribution in [2.24, 2.45) is 0 Å². The van der Waals surface area contributed by atoms with E-state index in [0.29, 0.717) is 24.4 Å². The molecule has 0 saturated carbocycles. The fraction of sp³-hybridized carbons (Fsp3) is 0.462. The summed E-state index contributed by atoms with van der Waals surface area (Å²) in [5, 5.41) is 8.94. The van der Waals surface area contributed by atoms with Crippen molar-refractivity contribution in [2.45, 2.75) is 30.3 Å². The Bertz CT molecular complexity index is 649. The van der Waals surface area contributed by atoms with E-state index in [0.717, 1.165) is 12.8 Å². The average molecular weight is 297 g/mol. The highest BCUT2D eigenvalue weighted by Crippen LogP contribution is 2.32.